The van der Waals surface area contributed by atoms with Crippen molar-refractivity contribution in [2.24, 2.45) is 10.2 Å². The first-order chi connectivity index (χ1) is 12.3. The summed E-state index contributed by atoms with van der Waals surface area (Å²) in [5.41, 5.74) is 5.46. The highest BCUT2D eigenvalue weighted by Crippen LogP contribution is 2.38. The molecule has 0 bridgehead atoms. The van der Waals surface area contributed by atoms with Crippen LogP contribution in [0.25, 0.3) is 0 Å². The molecule has 0 saturated heterocycles. The summed E-state index contributed by atoms with van der Waals surface area (Å²) in [6.07, 6.45) is 10.7. The summed E-state index contributed by atoms with van der Waals surface area (Å²) in [7, 11) is 0. The van der Waals surface area contributed by atoms with E-state index >= 15 is 0 Å². The molecule has 4 nitrogen and oxygen atoms in total. The Labute approximate surface area is 154 Å². The number of nitrogens with zero attached hydrogens (tertiary/aromatic N) is 4. The van der Waals surface area contributed by atoms with Crippen LogP contribution in [0.15, 0.2) is 33.9 Å². The molecule has 0 amide bonds. The summed E-state index contributed by atoms with van der Waals surface area (Å²) >= 11 is 1.67. The number of azo groups is 1. The van der Waals surface area contributed by atoms with Crippen molar-refractivity contribution in [1.29, 1.82) is 0 Å². The molecule has 3 heterocycles. The number of hydrogen-bond donors (Lipinski definition) is 0. The first-order valence-electron chi connectivity index (χ1n) is 9.64. The van der Waals surface area contributed by atoms with E-state index in [-0.39, 0.29) is 0 Å². The Morgan fingerprint density at radius 3 is 2.56 bits per heavy atom. The van der Waals surface area contributed by atoms with Crippen LogP contribution in [-0.2, 0) is 19.4 Å². The van der Waals surface area contributed by atoms with E-state index in [1.54, 1.807) is 11.3 Å². The molecule has 1 aromatic heterocycles. The van der Waals surface area contributed by atoms with Gasteiger partial charge in [0.2, 0.25) is 0 Å². The Hall–Kier alpha value is -1.75. The second-order valence-electron chi connectivity index (χ2n) is 7.09. The van der Waals surface area contributed by atoms with Crippen molar-refractivity contribution < 1.29 is 4.57 Å². The summed E-state index contributed by atoms with van der Waals surface area (Å²) in [5, 5.41) is 12.3. The smallest absolute Gasteiger partial charge is 0.371 e. The average Bonchev–Trinajstić information content (AvgIpc) is 3.08. The van der Waals surface area contributed by atoms with Gasteiger partial charge < -0.3 is 4.90 Å². The van der Waals surface area contributed by atoms with E-state index in [0.717, 1.165) is 17.4 Å². The quantitative estimate of drug-likeness (QED) is 0.391. The van der Waals surface area contributed by atoms with Crippen LogP contribution < -0.4 is 9.47 Å². The number of hydrogen-bond acceptors (Lipinski definition) is 4. The number of aromatic nitrogens is 1. The fourth-order valence-corrected chi connectivity index (χ4v) is 4.73. The van der Waals surface area contributed by atoms with Gasteiger partial charge in [-0.3, -0.25) is 0 Å². The number of aryl methyl sites for hydroxylation is 3. The molecule has 2 aliphatic rings. The van der Waals surface area contributed by atoms with Crippen molar-refractivity contribution in [3.8, 4) is 0 Å². The Kier molecular flexibility index (Phi) is 5.11. The molecule has 0 radical (unpaired) electrons. The van der Waals surface area contributed by atoms with Gasteiger partial charge in [-0.25, -0.2) is 4.57 Å². The maximum atomic E-state index is 4.60. The van der Waals surface area contributed by atoms with E-state index in [9.17, 15) is 0 Å². The third-order valence-electron chi connectivity index (χ3n) is 5.23. The Morgan fingerprint density at radius 2 is 1.84 bits per heavy atom. The molecule has 4 rings (SSSR count). The molecule has 0 saturated carbocycles. The van der Waals surface area contributed by atoms with E-state index < -0.39 is 0 Å². The molecule has 1 aromatic carbocycles. The lowest BCUT2D eigenvalue weighted by Crippen LogP contribution is -2.34. The largest absolute Gasteiger partial charge is 0.408 e. The molecule has 5 heteroatoms. The summed E-state index contributed by atoms with van der Waals surface area (Å²) in [4.78, 5) is 2.57. The minimum atomic E-state index is 1.00. The van der Waals surface area contributed by atoms with Gasteiger partial charge in [-0.05, 0) is 78.2 Å². The van der Waals surface area contributed by atoms with Gasteiger partial charge in [-0.1, -0.05) is 13.3 Å². The average molecular weight is 356 g/mol. The third kappa shape index (κ3) is 3.61. The standard InChI is InChI=1S/C20H27N4S/c1-2-3-4-9-24-12-13-25-20(24)22-21-18-14-16-7-5-10-23-11-6-8-17(15-18)19(16)23/h12-15H,2-11H2,1H3/q+1. The first-order valence-corrected chi connectivity index (χ1v) is 10.5. The highest BCUT2D eigenvalue weighted by Gasteiger charge is 2.24. The predicted octanol–water partition coefficient (Wildman–Crippen LogP) is 5.34. The molecule has 0 unspecified atom stereocenters. The lowest BCUT2D eigenvalue weighted by Gasteiger charge is -2.36. The van der Waals surface area contributed by atoms with Gasteiger partial charge in [0, 0.05) is 24.2 Å². The van der Waals surface area contributed by atoms with Crippen molar-refractivity contribution in [2.45, 2.75) is 58.4 Å². The lowest BCUT2D eigenvalue weighted by molar-refractivity contribution is -0.680. The van der Waals surface area contributed by atoms with Gasteiger partial charge in [-0.15, -0.1) is 0 Å². The van der Waals surface area contributed by atoms with Gasteiger partial charge in [-0.2, -0.15) is 0 Å². The van der Waals surface area contributed by atoms with Crippen molar-refractivity contribution in [1.82, 2.24) is 0 Å². The molecule has 0 fully saturated rings. The fraction of sp³-hybridized carbons (Fsp3) is 0.550. The van der Waals surface area contributed by atoms with Crippen LogP contribution in [0.5, 0.6) is 0 Å². The van der Waals surface area contributed by atoms with Gasteiger partial charge in [0.1, 0.15) is 11.9 Å². The van der Waals surface area contributed by atoms with Crippen LogP contribution in [0, 0.1) is 0 Å². The molecular weight excluding hydrogens is 328 g/mol. The zero-order valence-electron chi connectivity index (χ0n) is 15.1. The summed E-state index contributed by atoms with van der Waals surface area (Å²) in [5.74, 6) is 0. The number of anilines is 1. The highest BCUT2D eigenvalue weighted by atomic mass is 32.1. The molecule has 0 N–H and O–H groups in total. The molecule has 2 aromatic rings. The van der Waals surface area contributed by atoms with E-state index in [4.69, 9.17) is 0 Å². The second-order valence-corrected chi connectivity index (χ2v) is 7.97. The molecule has 0 atom stereocenters. The monoisotopic (exact) mass is 355 g/mol. The zero-order valence-corrected chi connectivity index (χ0v) is 15.9. The van der Waals surface area contributed by atoms with E-state index in [1.807, 2.05) is 0 Å². The van der Waals surface area contributed by atoms with E-state index in [2.05, 4.69) is 50.3 Å². The summed E-state index contributed by atoms with van der Waals surface area (Å²) in [6.45, 7) is 5.71. The molecule has 0 spiro atoms. The maximum absolute atomic E-state index is 4.60. The summed E-state index contributed by atoms with van der Waals surface area (Å²) < 4.78 is 2.23. The second kappa shape index (κ2) is 7.65. The Morgan fingerprint density at radius 1 is 1.08 bits per heavy atom. The molecular formula is C20H27N4S+. The normalized spacial score (nSPS) is 16.4. The van der Waals surface area contributed by atoms with E-state index in [1.165, 1.54) is 74.8 Å². The molecule has 2 aliphatic heterocycles. The lowest BCUT2D eigenvalue weighted by atomic mass is 9.91. The van der Waals surface area contributed by atoms with Crippen molar-refractivity contribution in [2.75, 3.05) is 18.0 Å². The van der Waals surface area contributed by atoms with Crippen LogP contribution in [0.4, 0.5) is 16.5 Å². The van der Waals surface area contributed by atoms with Crippen molar-refractivity contribution in [3.63, 3.8) is 0 Å². The van der Waals surface area contributed by atoms with Crippen molar-refractivity contribution >= 4 is 27.8 Å². The zero-order chi connectivity index (χ0) is 17.1. The topological polar surface area (TPSA) is 31.8 Å². The predicted molar refractivity (Wildman–Crippen MR) is 104 cm³/mol. The Balaban J connectivity index is 1.56. The highest BCUT2D eigenvalue weighted by molar-refractivity contribution is 7.12. The Bertz CT molecular complexity index is 734. The SMILES string of the molecule is CCCCC[n+]1ccsc1N=Nc1cc2c3c(c1)CCCN3CCC2. The van der Waals surface area contributed by atoms with Crippen LogP contribution in [-0.4, -0.2) is 13.1 Å². The van der Waals surface area contributed by atoms with Gasteiger partial charge in [0.15, 0.2) is 0 Å². The number of benzene rings is 1. The van der Waals surface area contributed by atoms with Crippen LogP contribution in [0.1, 0.15) is 50.2 Å². The summed E-state index contributed by atoms with van der Waals surface area (Å²) in [6, 6.07) is 4.52. The fourth-order valence-electron chi connectivity index (χ4n) is 4.02. The van der Waals surface area contributed by atoms with E-state index in [0.29, 0.717) is 0 Å². The molecule has 132 valence electrons. The number of unbranched alkanes of at least 4 members (excludes halogenated alkanes) is 2. The minimum absolute atomic E-state index is 1.00. The molecule has 0 aliphatic carbocycles. The molecule has 25 heavy (non-hydrogen) atoms. The maximum Gasteiger partial charge on any atom is 0.408 e. The van der Waals surface area contributed by atoms with Gasteiger partial charge in [0.25, 0.3) is 0 Å². The van der Waals surface area contributed by atoms with Gasteiger partial charge >= 0.3 is 5.13 Å². The van der Waals surface area contributed by atoms with Crippen LogP contribution >= 0.6 is 11.3 Å². The van der Waals surface area contributed by atoms with Crippen LogP contribution in [0.3, 0.4) is 0 Å². The first kappa shape index (κ1) is 16.7. The number of thiazole rings is 1. The van der Waals surface area contributed by atoms with Crippen molar-refractivity contribution in [3.05, 3.63) is 34.8 Å². The third-order valence-corrected chi connectivity index (χ3v) is 6.02. The minimum Gasteiger partial charge on any atom is -0.371 e. The van der Waals surface area contributed by atoms with Gasteiger partial charge in [0.05, 0.1) is 11.7 Å². The van der Waals surface area contributed by atoms with Crippen LogP contribution in [0.2, 0.25) is 0 Å². The number of rotatable bonds is 6.